The lowest BCUT2D eigenvalue weighted by molar-refractivity contribution is -0.932. The molecule has 2 heterocycles. The minimum absolute atomic E-state index is 0. The second kappa shape index (κ2) is 11.7. The molecule has 0 bridgehead atoms. The molecule has 8 heteroatoms. The van der Waals surface area contributed by atoms with Crippen LogP contribution in [0.5, 0.6) is 11.5 Å². The van der Waals surface area contributed by atoms with E-state index in [1.807, 2.05) is 36.4 Å². The molecule has 2 atom stereocenters. The highest BCUT2D eigenvalue weighted by molar-refractivity contribution is 5.89. The number of fused-ring (bicyclic) bond motifs is 1. The highest BCUT2D eigenvalue weighted by Gasteiger charge is 2.34. The van der Waals surface area contributed by atoms with E-state index >= 15 is 0 Å². The van der Waals surface area contributed by atoms with Gasteiger partial charge in [-0.25, -0.2) is 4.79 Å². The van der Waals surface area contributed by atoms with Crippen LogP contribution < -0.4 is 21.9 Å². The van der Waals surface area contributed by atoms with Crippen LogP contribution in [0.4, 0.5) is 0 Å². The summed E-state index contributed by atoms with van der Waals surface area (Å²) in [5, 5.41) is 10.7. The van der Waals surface area contributed by atoms with Crippen LogP contribution in [0, 0.1) is 0 Å². The Morgan fingerprint density at radius 2 is 1.82 bits per heavy atom. The van der Waals surface area contributed by atoms with Gasteiger partial charge in [-0.05, 0) is 24.3 Å². The number of hydrogen-bond donors (Lipinski definition) is 1. The third-order valence-corrected chi connectivity index (χ3v) is 6.19. The number of quaternary nitrogens is 1. The van der Waals surface area contributed by atoms with Gasteiger partial charge in [-0.2, -0.15) is 0 Å². The van der Waals surface area contributed by atoms with Gasteiger partial charge in [0.2, 0.25) is 0 Å². The minimum Gasteiger partial charge on any atom is -1.00 e. The molecule has 0 aromatic heterocycles. The first kappa shape index (κ1) is 25.3. The number of para-hydroxylation sites is 2. The lowest BCUT2D eigenvalue weighted by Crippen LogP contribution is -3.00. The molecule has 0 radical (unpaired) electrons. The zero-order valence-corrected chi connectivity index (χ0v) is 19.7. The Hall–Kier alpha value is -2.32. The number of esters is 1. The lowest BCUT2D eigenvalue weighted by atomic mass is 10.1. The molecule has 2 aromatic rings. The van der Waals surface area contributed by atoms with Gasteiger partial charge in [0.25, 0.3) is 0 Å². The number of likely N-dealkylation sites (tertiary alicyclic amines) is 1. The monoisotopic (exact) mass is 477 g/mol. The van der Waals surface area contributed by atoms with E-state index in [1.54, 1.807) is 12.1 Å². The fraction of sp³-hybridized carbons (Fsp3) is 0.480. The van der Waals surface area contributed by atoms with E-state index in [9.17, 15) is 9.90 Å². The summed E-state index contributed by atoms with van der Waals surface area (Å²) in [6.07, 6.45) is 1.57. The van der Waals surface area contributed by atoms with Gasteiger partial charge in [0, 0.05) is 18.4 Å². The zero-order chi connectivity index (χ0) is 22.4. The summed E-state index contributed by atoms with van der Waals surface area (Å²) in [4.78, 5) is 11.7. The zero-order valence-electron chi connectivity index (χ0n) is 19.0. The predicted octanol–water partition coefficient (Wildman–Crippen LogP) is -0.195. The highest BCUT2D eigenvalue weighted by atomic mass is 35.5. The molecular formula is C25H32ClNO6. The molecule has 2 aliphatic heterocycles. The van der Waals surface area contributed by atoms with Crippen LogP contribution in [0.3, 0.4) is 0 Å². The van der Waals surface area contributed by atoms with E-state index in [4.69, 9.17) is 18.9 Å². The Kier molecular flexibility index (Phi) is 8.97. The Labute approximate surface area is 201 Å². The molecule has 1 saturated heterocycles. The van der Waals surface area contributed by atoms with E-state index in [2.05, 4.69) is 0 Å². The van der Waals surface area contributed by atoms with Crippen LogP contribution in [0.25, 0.3) is 0 Å². The van der Waals surface area contributed by atoms with Crippen molar-refractivity contribution in [2.45, 2.75) is 31.6 Å². The van der Waals surface area contributed by atoms with Crippen LogP contribution in [0.2, 0.25) is 0 Å². The number of ether oxygens (including phenoxy) is 4. The van der Waals surface area contributed by atoms with E-state index in [-0.39, 0.29) is 31.1 Å². The van der Waals surface area contributed by atoms with Crippen molar-refractivity contribution >= 4 is 5.97 Å². The Morgan fingerprint density at radius 3 is 2.52 bits per heavy atom. The molecule has 2 aliphatic rings. The SMILES string of the molecule is COC(=O)c1ccc(C[N+]2(CC(O)COCC3COc4ccccc4O3)CCCC2)cc1.[Cl-]. The van der Waals surface area contributed by atoms with E-state index in [1.165, 1.54) is 7.11 Å². The average molecular weight is 478 g/mol. The number of carbonyl (C=O) groups is 1. The molecule has 33 heavy (non-hydrogen) atoms. The fourth-order valence-electron chi connectivity index (χ4n) is 4.64. The Morgan fingerprint density at radius 1 is 1.12 bits per heavy atom. The molecule has 180 valence electrons. The smallest absolute Gasteiger partial charge is 0.337 e. The summed E-state index contributed by atoms with van der Waals surface area (Å²) in [5.74, 6) is 1.15. The third-order valence-electron chi connectivity index (χ3n) is 6.19. The number of benzene rings is 2. The second-order valence-corrected chi connectivity index (χ2v) is 8.71. The molecule has 2 unspecified atom stereocenters. The summed E-state index contributed by atoms with van der Waals surface area (Å²) < 4.78 is 23.0. The number of methoxy groups -OCH3 is 1. The van der Waals surface area contributed by atoms with Crippen molar-refractivity contribution in [3.63, 3.8) is 0 Å². The number of aliphatic hydroxyl groups is 1. The maximum Gasteiger partial charge on any atom is 0.337 e. The van der Waals surface area contributed by atoms with Crippen molar-refractivity contribution in [1.29, 1.82) is 0 Å². The Balaban J connectivity index is 0.00000306. The summed E-state index contributed by atoms with van der Waals surface area (Å²) in [6.45, 7) is 4.62. The molecule has 0 amide bonds. The van der Waals surface area contributed by atoms with Gasteiger partial charge in [0.05, 0.1) is 39.0 Å². The largest absolute Gasteiger partial charge is 1.00 e. The van der Waals surface area contributed by atoms with Gasteiger partial charge in [-0.15, -0.1) is 0 Å². The van der Waals surface area contributed by atoms with Crippen molar-refractivity contribution < 1.29 is 45.7 Å². The number of hydrogen-bond acceptors (Lipinski definition) is 6. The van der Waals surface area contributed by atoms with E-state index < -0.39 is 6.10 Å². The number of aliphatic hydroxyl groups excluding tert-OH is 1. The van der Waals surface area contributed by atoms with Crippen LogP contribution in [-0.2, 0) is 16.0 Å². The quantitative estimate of drug-likeness (QED) is 0.398. The normalized spacial score (nSPS) is 19.4. The molecule has 2 aromatic carbocycles. The van der Waals surface area contributed by atoms with Gasteiger partial charge in [-0.1, -0.05) is 24.3 Å². The van der Waals surface area contributed by atoms with Gasteiger partial charge in [0.15, 0.2) is 17.6 Å². The molecule has 0 spiro atoms. The highest BCUT2D eigenvalue weighted by Crippen LogP contribution is 2.31. The molecule has 4 rings (SSSR count). The lowest BCUT2D eigenvalue weighted by Gasteiger charge is -2.36. The number of rotatable bonds is 9. The molecular weight excluding hydrogens is 446 g/mol. The topological polar surface area (TPSA) is 74.2 Å². The first-order valence-electron chi connectivity index (χ1n) is 11.2. The van der Waals surface area contributed by atoms with Crippen molar-refractivity contribution in [2.24, 2.45) is 0 Å². The summed E-state index contributed by atoms with van der Waals surface area (Å²) >= 11 is 0. The first-order chi connectivity index (χ1) is 15.6. The van der Waals surface area contributed by atoms with Gasteiger partial charge in [0.1, 0.15) is 25.8 Å². The Bertz CT molecular complexity index is 900. The van der Waals surface area contributed by atoms with Crippen molar-refractivity contribution in [1.82, 2.24) is 0 Å². The fourth-order valence-corrected chi connectivity index (χ4v) is 4.64. The van der Waals surface area contributed by atoms with Gasteiger partial charge >= 0.3 is 5.97 Å². The predicted molar refractivity (Wildman–Crippen MR) is 119 cm³/mol. The molecule has 7 nitrogen and oxygen atoms in total. The van der Waals surface area contributed by atoms with Crippen LogP contribution in [0.1, 0.15) is 28.8 Å². The number of halogens is 1. The standard InChI is InChI=1S/C25H32NO6.ClH/c1-29-25(28)20-10-8-19(9-11-20)14-26(12-4-5-13-26)15-21(27)16-30-17-22-18-31-23-6-2-3-7-24(23)32-22;/h2-3,6-11,21-22,27H,4-5,12-18H2,1H3;1H/q+1;/p-1. The number of nitrogens with zero attached hydrogens (tertiary/aromatic N) is 1. The van der Waals surface area contributed by atoms with Crippen LogP contribution in [0.15, 0.2) is 48.5 Å². The molecule has 0 saturated carbocycles. The van der Waals surface area contributed by atoms with Crippen molar-refractivity contribution in [2.75, 3.05) is 46.6 Å². The average Bonchev–Trinajstić information content (AvgIpc) is 3.26. The second-order valence-electron chi connectivity index (χ2n) is 8.71. The van der Waals surface area contributed by atoms with Crippen molar-refractivity contribution in [3.05, 3.63) is 59.7 Å². The first-order valence-corrected chi connectivity index (χ1v) is 11.2. The summed E-state index contributed by atoms with van der Waals surface area (Å²) in [5.41, 5.74) is 1.70. The number of carbonyl (C=O) groups excluding carboxylic acids is 1. The van der Waals surface area contributed by atoms with Gasteiger partial charge in [-0.3, -0.25) is 0 Å². The van der Waals surface area contributed by atoms with Crippen LogP contribution >= 0.6 is 0 Å². The molecule has 1 fully saturated rings. The van der Waals surface area contributed by atoms with E-state index in [0.717, 1.165) is 54.0 Å². The van der Waals surface area contributed by atoms with Crippen LogP contribution in [-0.4, -0.2) is 74.3 Å². The molecule has 0 aliphatic carbocycles. The molecule has 1 N–H and O–H groups in total. The third kappa shape index (κ3) is 6.60. The summed E-state index contributed by atoms with van der Waals surface area (Å²) in [7, 11) is 1.39. The maximum atomic E-state index is 11.7. The summed E-state index contributed by atoms with van der Waals surface area (Å²) in [6, 6.07) is 15.2. The van der Waals surface area contributed by atoms with Gasteiger partial charge < -0.3 is 40.9 Å². The van der Waals surface area contributed by atoms with Crippen molar-refractivity contribution in [3.8, 4) is 11.5 Å². The minimum atomic E-state index is -0.556. The van der Waals surface area contributed by atoms with E-state index in [0.29, 0.717) is 25.3 Å². The maximum absolute atomic E-state index is 11.7.